The SMILES string of the molecule is CN(C)[C@@H]1CC[C@H](C(=O)O)CN(S(=O)(=O)Cc2ccc(F)cc2F)C1. The topological polar surface area (TPSA) is 77.9 Å². The highest BCUT2D eigenvalue weighted by molar-refractivity contribution is 7.88. The van der Waals surface area contributed by atoms with Gasteiger partial charge in [-0.15, -0.1) is 0 Å². The quantitative estimate of drug-likeness (QED) is 0.843. The summed E-state index contributed by atoms with van der Waals surface area (Å²) in [6.07, 6.45) is 0.927. The first-order chi connectivity index (χ1) is 11.6. The highest BCUT2D eigenvalue weighted by atomic mass is 32.2. The van der Waals surface area contributed by atoms with Gasteiger partial charge in [0, 0.05) is 30.8 Å². The fraction of sp³-hybridized carbons (Fsp3) is 0.562. The second kappa shape index (κ2) is 7.76. The number of hydrogen-bond acceptors (Lipinski definition) is 4. The summed E-state index contributed by atoms with van der Waals surface area (Å²) >= 11 is 0. The van der Waals surface area contributed by atoms with Crippen molar-refractivity contribution in [1.29, 1.82) is 0 Å². The molecule has 9 heteroatoms. The van der Waals surface area contributed by atoms with Crippen LogP contribution >= 0.6 is 0 Å². The van der Waals surface area contributed by atoms with Crippen molar-refractivity contribution in [3.63, 3.8) is 0 Å². The maximum absolute atomic E-state index is 13.8. The third-order valence-corrected chi connectivity index (χ3v) is 6.27. The number of nitrogens with zero attached hydrogens (tertiary/aromatic N) is 2. The molecule has 6 nitrogen and oxygen atoms in total. The summed E-state index contributed by atoms with van der Waals surface area (Å²) < 4.78 is 53.4. The average molecular weight is 376 g/mol. The molecule has 1 N–H and O–H groups in total. The molecule has 1 aliphatic rings. The molecule has 0 saturated carbocycles. The van der Waals surface area contributed by atoms with E-state index < -0.39 is 39.3 Å². The molecule has 25 heavy (non-hydrogen) atoms. The summed E-state index contributed by atoms with van der Waals surface area (Å²) in [5.74, 6) is -4.21. The molecule has 0 amide bonds. The van der Waals surface area contributed by atoms with E-state index in [-0.39, 0.29) is 24.7 Å². The van der Waals surface area contributed by atoms with Crippen molar-refractivity contribution in [2.45, 2.75) is 24.6 Å². The average Bonchev–Trinajstić information content (AvgIpc) is 2.74. The summed E-state index contributed by atoms with van der Waals surface area (Å²) in [4.78, 5) is 13.2. The molecule has 2 rings (SSSR count). The van der Waals surface area contributed by atoms with E-state index in [0.29, 0.717) is 18.9 Å². The molecule has 0 aliphatic carbocycles. The molecule has 2 atom stereocenters. The van der Waals surface area contributed by atoms with Gasteiger partial charge >= 0.3 is 5.97 Å². The summed E-state index contributed by atoms with van der Waals surface area (Å²) in [6, 6.07) is 2.60. The third-order valence-electron chi connectivity index (χ3n) is 4.51. The first kappa shape index (κ1) is 19.7. The monoisotopic (exact) mass is 376 g/mol. The van der Waals surface area contributed by atoms with Crippen molar-refractivity contribution in [3.8, 4) is 0 Å². The predicted molar refractivity (Wildman–Crippen MR) is 88.4 cm³/mol. The zero-order valence-corrected chi connectivity index (χ0v) is 15.0. The predicted octanol–water partition coefficient (Wildman–Crippen LogP) is 1.52. The van der Waals surface area contributed by atoms with Crippen LogP contribution in [0.1, 0.15) is 18.4 Å². The number of aliphatic carboxylic acids is 1. The minimum Gasteiger partial charge on any atom is -0.481 e. The van der Waals surface area contributed by atoms with E-state index in [1.807, 2.05) is 4.90 Å². The molecule has 1 aromatic rings. The lowest BCUT2D eigenvalue weighted by Crippen LogP contribution is -2.43. The van der Waals surface area contributed by atoms with Gasteiger partial charge in [0.25, 0.3) is 0 Å². The fourth-order valence-corrected chi connectivity index (χ4v) is 4.52. The molecule has 0 radical (unpaired) electrons. The van der Waals surface area contributed by atoms with Crippen LogP contribution in [0, 0.1) is 17.6 Å². The van der Waals surface area contributed by atoms with Crippen LogP contribution in [-0.4, -0.2) is 61.9 Å². The van der Waals surface area contributed by atoms with E-state index in [1.165, 1.54) is 0 Å². The number of carbonyl (C=O) groups is 1. The molecule has 0 aromatic heterocycles. The van der Waals surface area contributed by atoms with E-state index in [9.17, 15) is 27.1 Å². The Bertz CT molecular complexity index is 740. The summed E-state index contributed by atoms with van der Waals surface area (Å²) in [5, 5.41) is 9.30. The highest BCUT2D eigenvalue weighted by Gasteiger charge is 2.35. The Labute approximate surface area is 146 Å². The van der Waals surface area contributed by atoms with Crippen LogP contribution in [0.2, 0.25) is 0 Å². The van der Waals surface area contributed by atoms with E-state index in [0.717, 1.165) is 16.4 Å². The molecule has 1 aliphatic heterocycles. The number of sulfonamides is 1. The zero-order chi connectivity index (χ0) is 18.8. The third kappa shape index (κ3) is 4.96. The van der Waals surface area contributed by atoms with E-state index in [2.05, 4.69) is 0 Å². The molecule has 1 aromatic carbocycles. The number of rotatable bonds is 5. The number of likely N-dealkylation sites (N-methyl/N-ethyl adjacent to an activating group) is 1. The van der Waals surface area contributed by atoms with Crippen molar-refractivity contribution < 1.29 is 27.1 Å². The summed E-state index contributed by atoms with van der Waals surface area (Å²) in [6.45, 7) is -0.00719. The molecule has 0 unspecified atom stereocenters. The highest BCUT2D eigenvalue weighted by Crippen LogP contribution is 2.24. The second-order valence-electron chi connectivity index (χ2n) is 6.54. The number of carboxylic acid groups (broad SMARTS) is 1. The molecule has 1 heterocycles. The van der Waals surface area contributed by atoms with E-state index in [1.54, 1.807) is 14.1 Å². The van der Waals surface area contributed by atoms with Crippen molar-refractivity contribution in [1.82, 2.24) is 9.21 Å². The van der Waals surface area contributed by atoms with Gasteiger partial charge in [0.15, 0.2) is 0 Å². The van der Waals surface area contributed by atoms with Gasteiger partial charge in [0.05, 0.1) is 11.7 Å². The number of halogens is 2. The Morgan fingerprint density at radius 2 is 1.96 bits per heavy atom. The van der Waals surface area contributed by atoms with Crippen LogP contribution in [0.3, 0.4) is 0 Å². The number of carboxylic acids is 1. The molecule has 1 fully saturated rings. The molecule has 1 saturated heterocycles. The second-order valence-corrected chi connectivity index (χ2v) is 8.51. The Hall–Kier alpha value is -1.58. The molecule has 0 bridgehead atoms. The smallest absolute Gasteiger partial charge is 0.307 e. The Kier molecular flexibility index (Phi) is 6.12. The maximum Gasteiger partial charge on any atom is 0.307 e. The van der Waals surface area contributed by atoms with Crippen LogP contribution in [-0.2, 0) is 20.6 Å². The fourth-order valence-electron chi connectivity index (χ4n) is 2.91. The van der Waals surface area contributed by atoms with Crippen molar-refractivity contribution >= 4 is 16.0 Å². The van der Waals surface area contributed by atoms with E-state index in [4.69, 9.17) is 0 Å². The van der Waals surface area contributed by atoms with Gasteiger partial charge in [-0.25, -0.2) is 17.2 Å². The zero-order valence-electron chi connectivity index (χ0n) is 14.2. The minimum absolute atomic E-state index is 0.128. The largest absolute Gasteiger partial charge is 0.481 e. The summed E-state index contributed by atoms with van der Waals surface area (Å²) in [5.41, 5.74) is -0.140. The number of benzene rings is 1. The normalized spacial score (nSPS) is 22.8. The van der Waals surface area contributed by atoms with Crippen LogP contribution in [0.15, 0.2) is 18.2 Å². The van der Waals surface area contributed by atoms with Gasteiger partial charge in [-0.2, -0.15) is 4.31 Å². The van der Waals surface area contributed by atoms with Crippen LogP contribution in [0.5, 0.6) is 0 Å². The standard InChI is InChI=1S/C16H22F2N2O4S/c1-19(2)14-6-4-11(16(21)22)8-20(9-14)25(23,24)10-12-3-5-13(17)7-15(12)18/h3,5,7,11,14H,4,6,8-10H2,1-2H3,(H,21,22)/t11-,14+/m0/s1. The van der Waals surface area contributed by atoms with Crippen molar-refractivity contribution in [2.75, 3.05) is 27.2 Å². The van der Waals surface area contributed by atoms with Gasteiger partial charge in [0.2, 0.25) is 10.0 Å². The Morgan fingerprint density at radius 1 is 1.28 bits per heavy atom. The van der Waals surface area contributed by atoms with Gasteiger partial charge in [-0.1, -0.05) is 6.07 Å². The minimum atomic E-state index is -3.95. The first-order valence-corrected chi connectivity index (χ1v) is 9.52. The summed E-state index contributed by atoms with van der Waals surface area (Å²) in [7, 11) is -0.343. The van der Waals surface area contributed by atoms with E-state index >= 15 is 0 Å². The molecular weight excluding hydrogens is 354 g/mol. The van der Waals surface area contributed by atoms with Crippen LogP contribution < -0.4 is 0 Å². The molecular formula is C16H22F2N2O4S. The lowest BCUT2D eigenvalue weighted by molar-refractivity contribution is -0.142. The van der Waals surface area contributed by atoms with Crippen LogP contribution in [0.4, 0.5) is 8.78 Å². The number of hydrogen-bond donors (Lipinski definition) is 1. The van der Waals surface area contributed by atoms with Gasteiger partial charge in [-0.05, 0) is 33.0 Å². The van der Waals surface area contributed by atoms with Crippen molar-refractivity contribution in [3.05, 3.63) is 35.4 Å². The van der Waals surface area contributed by atoms with Gasteiger partial charge < -0.3 is 10.0 Å². The maximum atomic E-state index is 13.8. The lowest BCUT2D eigenvalue weighted by Gasteiger charge is -2.28. The lowest BCUT2D eigenvalue weighted by atomic mass is 10.0. The molecule has 140 valence electrons. The van der Waals surface area contributed by atoms with Gasteiger partial charge in [-0.3, -0.25) is 4.79 Å². The molecule has 0 spiro atoms. The Morgan fingerprint density at radius 3 is 2.52 bits per heavy atom. The Balaban J connectivity index is 2.28. The van der Waals surface area contributed by atoms with Gasteiger partial charge in [0.1, 0.15) is 11.6 Å². The first-order valence-electron chi connectivity index (χ1n) is 7.91. The van der Waals surface area contributed by atoms with Crippen molar-refractivity contribution in [2.24, 2.45) is 5.92 Å². The van der Waals surface area contributed by atoms with Crippen LogP contribution in [0.25, 0.3) is 0 Å².